The average Bonchev–Trinajstić information content (AvgIpc) is 2.33. The Balaban J connectivity index is 2.51. The van der Waals surface area contributed by atoms with Gasteiger partial charge in [-0.1, -0.05) is 26.0 Å². The topological polar surface area (TPSA) is 72.2 Å². The van der Waals surface area contributed by atoms with Crippen LogP contribution in [0, 0.1) is 0 Å². The number of rotatable bonds is 7. The van der Waals surface area contributed by atoms with Gasteiger partial charge in [-0.25, -0.2) is 13.6 Å². The molecule has 0 saturated heterocycles. The highest BCUT2D eigenvalue weighted by Gasteiger charge is 2.09. The fraction of sp³-hybridized carbons (Fsp3) is 0.538. The zero-order chi connectivity index (χ0) is 14.5. The zero-order valence-corrected chi connectivity index (χ0v) is 13.2. The molecule has 1 atom stereocenters. The summed E-state index contributed by atoms with van der Waals surface area (Å²) in [6.45, 7) is 7.35. The summed E-state index contributed by atoms with van der Waals surface area (Å²) in [6, 6.07) is 6.89. The molecule has 0 saturated carbocycles. The normalized spacial score (nSPS) is 13.7. The Kier molecular flexibility index (Phi) is 6.32. The van der Waals surface area contributed by atoms with Gasteiger partial charge < -0.3 is 5.32 Å². The largest absolute Gasteiger partial charge is 0.309 e. The first-order valence-corrected chi connectivity index (χ1v) is 8.88. The van der Waals surface area contributed by atoms with Gasteiger partial charge in [0, 0.05) is 18.3 Å². The number of primary sulfonamides is 1. The van der Waals surface area contributed by atoms with Crippen LogP contribution in [-0.4, -0.2) is 26.0 Å². The number of nitrogens with one attached hydrogen (secondary N) is 1. The predicted octanol–water partition coefficient (Wildman–Crippen LogP) is 2.13. The van der Waals surface area contributed by atoms with Crippen molar-refractivity contribution < 1.29 is 8.42 Å². The third-order valence-electron chi connectivity index (χ3n) is 2.71. The molecule has 0 spiro atoms. The highest BCUT2D eigenvalue weighted by atomic mass is 32.2. The molecule has 0 heterocycles. The van der Waals surface area contributed by atoms with Gasteiger partial charge in [0.05, 0.1) is 4.90 Å². The van der Waals surface area contributed by atoms with E-state index in [1.165, 1.54) is 0 Å². The second-order valence-electron chi connectivity index (χ2n) is 4.71. The van der Waals surface area contributed by atoms with Crippen molar-refractivity contribution in [2.45, 2.75) is 37.0 Å². The lowest BCUT2D eigenvalue weighted by atomic mass is 10.1. The minimum Gasteiger partial charge on any atom is -0.309 e. The van der Waals surface area contributed by atoms with Crippen LogP contribution in [0.3, 0.4) is 0 Å². The molecule has 0 amide bonds. The van der Waals surface area contributed by atoms with E-state index in [4.69, 9.17) is 5.14 Å². The number of nitrogens with two attached hydrogens (primary N) is 1. The van der Waals surface area contributed by atoms with E-state index in [9.17, 15) is 8.42 Å². The molecule has 0 bridgehead atoms. The summed E-state index contributed by atoms with van der Waals surface area (Å²) in [6.07, 6.45) is 0. The molecular weight excluding hydrogens is 280 g/mol. The summed E-state index contributed by atoms with van der Waals surface area (Å²) in [5, 5.41) is 9.12. The van der Waals surface area contributed by atoms with Crippen molar-refractivity contribution in [1.82, 2.24) is 5.32 Å². The number of thioether (sulfide) groups is 1. The second-order valence-corrected chi connectivity index (χ2v) is 7.96. The van der Waals surface area contributed by atoms with E-state index >= 15 is 0 Å². The van der Waals surface area contributed by atoms with Crippen LogP contribution in [0.5, 0.6) is 0 Å². The SMILES string of the molecule is CC(C)SCCN[C@@H](C)c1ccc(S(N)(=O)=O)cc1. The molecule has 0 aromatic heterocycles. The first-order chi connectivity index (χ1) is 8.80. The van der Waals surface area contributed by atoms with Crippen molar-refractivity contribution in [3.63, 3.8) is 0 Å². The maximum Gasteiger partial charge on any atom is 0.238 e. The molecule has 1 rings (SSSR count). The van der Waals surface area contributed by atoms with Gasteiger partial charge in [0.25, 0.3) is 0 Å². The van der Waals surface area contributed by atoms with Crippen molar-refractivity contribution in [3.8, 4) is 0 Å². The monoisotopic (exact) mass is 302 g/mol. The molecule has 4 nitrogen and oxygen atoms in total. The van der Waals surface area contributed by atoms with Gasteiger partial charge >= 0.3 is 0 Å². The Morgan fingerprint density at radius 3 is 2.26 bits per heavy atom. The summed E-state index contributed by atoms with van der Waals surface area (Å²) in [4.78, 5) is 0.152. The van der Waals surface area contributed by atoms with Gasteiger partial charge in [0.2, 0.25) is 10.0 Å². The number of hydrogen-bond acceptors (Lipinski definition) is 4. The molecule has 1 aromatic carbocycles. The highest BCUT2D eigenvalue weighted by molar-refractivity contribution is 7.99. The summed E-state index contributed by atoms with van der Waals surface area (Å²) in [5.41, 5.74) is 1.06. The minimum atomic E-state index is -3.60. The molecule has 1 aromatic rings. The predicted molar refractivity (Wildman–Crippen MR) is 81.8 cm³/mol. The Bertz CT molecular complexity index is 484. The molecule has 0 unspecified atom stereocenters. The van der Waals surface area contributed by atoms with Crippen molar-refractivity contribution in [2.75, 3.05) is 12.3 Å². The van der Waals surface area contributed by atoms with Gasteiger partial charge in [-0.15, -0.1) is 0 Å². The Morgan fingerprint density at radius 1 is 1.21 bits per heavy atom. The van der Waals surface area contributed by atoms with E-state index in [2.05, 4.69) is 26.1 Å². The van der Waals surface area contributed by atoms with E-state index in [-0.39, 0.29) is 10.9 Å². The molecule has 19 heavy (non-hydrogen) atoms. The molecule has 0 aliphatic rings. The Hall–Kier alpha value is -0.560. The lowest BCUT2D eigenvalue weighted by Crippen LogP contribution is -2.22. The lowest BCUT2D eigenvalue weighted by molar-refractivity contribution is 0.594. The highest BCUT2D eigenvalue weighted by Crippen LogP contribution is 2.15. The third-order valence-corrected chi connectivity index (χ3v) is 4.75. The van der Waals surface area contributed by atoms with Gasteiger partial charge in [-0.05, 0) is 29.9 Å². The standard InChI is InChI=1S/C13H22N2O2S2/c1-10(2)18-9-8-15-11(3)12-4-6-13(7-5-12)19(14,16)17/h4-7,10-11,15H,8-9H2,1-3H3,(H2,14,16,17)/t11-/m0/s1. The van der Waals surface area contributed by atoms with E-state index in [1.807, 2.05) is 11.8 Å². The van der Waals surface area contributed by atoms with Crippen LogP contribution in [-0.2, 0) is 10.0 Å². The quantitative estimate of drug-likeness (QED) is 0.757. The molecule has 0 fully saturated rings. The van der Waals surface area contributed by atoms with Crippen molar-refractivity contribution >= 4 is 21.8 Å². The summed E-state index contributed by atoms with van der Waals surface area (Å²) < 4.78 is 22.3. The molecule has 108 valence electrons. The van der Waals surface area contributed by atoms with Gasteiger partial charge in [0.1, 0.15) is 0 Å². The van der Waals surface area contributed by atoms with E-state index < -0.39 is 10.0 Å². The van der Waals surface area contributed by atoms with Crippen LogP contribution in [0.2, 0.25) is 0 Å². The fourth-order valence-electron chi connectivity index (χ4n) is 1.63. The van der Waals surface area contributed by atoms with Gasteiger partial charge in [-0.3, -0.25) is 0 Å². The molecule has 3 N–H and O–H groups in total. The zero-order valence-electron chi connectivity index (χ0n) is 11.6. The lowest BCUT2D eigenvalue weighted by Gasteiger charge is -2.15. The van der Waals surface area contributed by atoms with Crippen molar-refractivity contribution in [1.29, 1.82) is 0 Å². The van der Waals surface area contributed by atoms with Crippen LogP contribution in [0.4, 0.5) is 0 Å². The molecule has 0 radical (unpaired) electrons. The first kappa shape index (κ1) is 16.5. The van der Waals surface area contributed by atoms with Crippen LogP contribution in [0.15, 0.2) is 29.2 Å². The van der Waals surface area contributed by atoms with Gasteiger partial charge in [0.15, 0.2) is 0 Å². The number of benzene rings is 1. The Labute approximate surface area is 120 Å². The third kappa shape index (κ3) is 5.95. The second kappa shape index (κ2) is 7.28. The fourth-order valence-corrected chi connectivity index (χ4v) is 2.86. The summed E-state index contributed by atoms with van der Waals surface area (Å²) in [7, 11) is -3.60. The van der Waals surface area contributed by atoms with Crippen LogP contribution < -0.4 is 10.5 Å². The van der Waals surface area contributed by atoms with E-state index in [0.717, 1.165) is 17.9 Å². The van der Waals surface area contributed by atoms with E-state index in [0.29, 0.717) is 5.25 Å². The first-order valence-electron chi connectivity index (χ1n) is 6.28. The summed E-state index contributed by atoms with van der Waals surface area (Å²) in [5.74, 6) is 1.07. The van der Waals surface area contributed by atoms with Crippen molar-refractivity contribution in [3.05, 3.63) is 29.8 Å². The van der Waals surface area contributed by atoms with Crippen LogP contribution in [0.25, 0.3) is 0 Å². The Morgan fingerprint density at radius 2 is 1.79 bits per heavy atom. The molecule has 0 aliphatic heterocycles. The number of sulfonamides is 1. The molecule has 6 heteroatoms. The van der Waals surface area contributed by atoms with Crippen molar-refractivity contribution in [2.24, 2.45) is 5.14 Å². The summed E-state index contributed by atoms with van der Waals surface area (Å²) >= 11 is 1.92. The van der Waals surface area contributed by atoms with E-state index in [1.54, 1.807) is 24.3 Å². The molecular formula is C13H22N2O2S2. The number of hydrogen-bond donors (Lipinski definition) is 2. The smallest absolute Gasteiger partial charge is 0.238 e. The van der Waals surface area contributed by atoms with Crippen LogP contribution >= 0.6 is 11.8 Å². The van der Waals surface area contributed by atoms with Crippen LogP contribution in [0.1, 0.15) is 32.4 Å². The minimum absolute atomic E-state index is 0.152. The maximum absolute atomic E-state index is 11.1. The van der Waals surface area contributed by atoms with Gasteiger partial charge in [-0.2, -0.15) is 11.8 Å². The molecule has 0 aliphatic carbocycles. The average molecular weight is 302 g/mol. The maximum atomic E-state index is 11.1.